The maximum Gasteiger partial charge on any atom is 0.255 e. The molecule has 1 heterocycles. The molecule has 0 radical (unpaired) electrons. The van der Waals surface area contributed by atoms with E-state index >= 15 is 0 Å². The molecule has 1 aliphatic carbocycles. The van der Waals surface area contributed by atoms with E-state index in [1.54, 1.807) is 13.0 Å². The van der Waals surface area contributed by atoms with Crippen molar-refractivity contribution in [1.82, 2.24) is 4.98 Å². The molecule has 2 rings (SSSR count). The van der Waals surface area contributed by atoms with E-state index in [9.17, 15) is 8.42 Å². The lowest BCUT2D eigenvalue weighted by atomic mass is 10.3. The smallest absolute Gasteiger partial charge is 0.255 e. The quantitative estimate of drug-likeness (QED) is 0.820. The van der Waals surface area contributed by atoms with Crippen LogP contribution in [0, 0.1) is 6.92 Å². The van der Waals surface area contributed by atoms with Gasteiger partial charge in [-0.25, -0.2) is 18.5 Å². The van der Waals surface area contributed by atoms with Gasteiger partial charge in [0.1, 0.15) is 5.75 Å². The number of ether oxygens (including phenoxy) is 1. The van der Waals surface area contributed by atoms with E-state index in [0.717, 1.165) is 12.8 Å². The Labute approximate surface area is 88.3 Å². The summed E-state index contributed by atoms with van der Waals surface area (Å²) in [5.74, 6) is 0.599. The van der Waals surface area contributed by atoms with Gasteiger partial charge in [0.2, 0.25) is 0 Å². The van der Waals surface area contributed by atoms with Crippen LogP contribution in [0.5, 0.6) is 5.75 Å². The fourth-order valence-corrected chi connectivity index (χ4v) is 1.98. The number of sulfonamides is 1. The van der Waals surface area contributed by atoms with Crippen LogP contribution in [0.4, 0.5) is 0 Å². The second-order valence-electron chi connectivity index (χ2n) is 3.66. The summed E-state index contributed by atoms with van der Waals surface area (Å²) in [5, 5.41) is 4.90. The average molecular weight is 228 g/mol. The van der Waals surface area contributed by atoms with E-state index < -0.39 is 10.0 Å². The predicted octanol–water partition coefficient (Wildman–Crippen LogP) is 0.579. The molecule has 0 unspecified atom stereocenters. The normalized spacial score (nSPS) is 16.4. The van der Waals surface area contributed by atoms with Gasteiger partial charge in [-0.1, -0.05) is 0 Å². The number of rotatable bonds is 3. The van der Waals surface area contributed by atoms with Crippen molar-refractivity contribution in [2.75, 3.05) is 0 Å². The molecule has 0 aromatic carbocycles. The molecule has 0 aliphatic heterocycles. The van der Waals surface area contributed by atoms with E-state index in [2.05, 4.69) is 4.98 Å². The summed E-state index contributed by atoms with van der Waals surface area (Å²) in [4.78, 5) is 3.79. The Morgan fingerprint density at radius 1 is 1.53 bits per heavy atom. The highest BCUT2D eigenvalue weighted by atomic mass is 32.2. The first kappa shape index (κ1) is 10.4. The van der Waals surface area contributed by atoms with Crippen LogP contribution in [0.15, 0.2) is 17.3 Å². The molecule has 1 aromatic rings. The SMILES string of the molecule is Cc1cc(OC2CC2)cnc1S(N)(=O)=O. The summed E-state index contributed by atoms with van der Waals surface area (Å²) < 4.78 is 27.6. The van der Waals surface area contributed by atoms with Crippen LogP contribution < -0.4 is 9.88 Å². The number of pyridine rings is 1. The van der Waals surface area contributed by atoms with Crippen molar-refractivity contribution >= 4 is 10.0 Å². The van der Waals surface area contributed by atoms with Crippen molar-refractivity contribution in [3.05, 3.63) is 17.8 Å². The molecule has 1 aromatic heterocycles. The molecular formula is C9H12N2O3S. The van der Waals surface area contributed by atoms with E-state index in [4.69, 9.17) is 9.88 Å². The van der Waals surface area contributed by atoms with Crippen LogP contribution in [0.1, 0.15) is 18.4 Å². The number of primary sulfonamides is 1. The van der Waals surface area contributed by atoms with Gasteiger partial charge < -0.3 is 4.74 Å². The Balaban J connectivity index is 2.29. The number of aryl methyl sites for hydroxylation is 1. The lowest BCUT2D eigenvalue weighted by Gasteiger charge is -2.06. The van der Waals surface area contributed by atoms with Crippen LogP contribution in [-0.4, -0.2) is 19.5 Å². The lowest BCUT2D eigenvalue weighted by Crippen LogP contribution is -2.15. The minimum atomic E-state index is -3.73. The summed E-state index contributed by atoms with van der Waals surface area (Å²) in [5.41, 5.74) is 0.510. The van der Waals surface area contributed by atoms with E-state index in [1.807, 2.05) is 0 Å². The van der Waals surface area contributed by atoms with Gasteiger partial charge in [0.25, 0.3) is 10.0 Å². The lowest BCUT2D eigenvalue weighted by molar-refractivity contribution is 0.301. The first-order valence-corrected chi connectivity index (χ1v) is 6.17. The second kappa shape index (κ2) is 3.46. The van der Waals surface area contributed by atoms with Gasteiger partial charge in [-0.05, 0) is 31.4 Å². The fourth-order valence-electron chi connectivity index (χ4n) is 1.28. The summed E-state index contributed by atoms with van der Waals surface area (Å²) in [6.45, 7) is 1.65. The van der Waals surface area contributed by atoms with Gasteiger partial charge in [0.05, 0.1) is 12.3 Å². The minimum Gasteiger partial charge on any atom is -0.489 e. The van der Waals surface area contributed by atoms with Gasteiger partial charge in [-0.15, -0.1) is 0 Å². The molecule has 1 aliphatic rings. The first-order valence-electron chi connectivity index (χ1n) is 4.63. The Morgan fingerprint density at radius 3 is 2.67 bits per heavy atom. The van der Waals surface area contributed by atoms with Crippen molar-refractivity contribution in [3.8, 4) is 5.75 Å². The third-order valence-corrected chi connectivity index (χ3v) is 3.07. The van der Waals surface area contributed by atoms with E-state index in [-0.39, 0.29) is 11.1 Å². The van der Waals surface area contributed by atoms with Crippen molar-refractivity contribution in [2.45, 2.75) is 30.9 Å². The largest absolute Gasteiger partial charge is 0.489 e. The number of hydrogen-bond acceptors (Lipinski definition) is 4. The van der Waals surface area contributed by atoms with E-state index in [0.29, 0.717) is 11.3 Å². The number of aromatic nitrogens is 1. The van der Waals surface area contributed by atoms with Crippen molar-refractivity contribution < 1.29 is 13.2 Å². The van der Waals surface area contributed by atoms with Crippen LogP contribution in [0.3, 0.4) is 0 Å². The molecule has 0 spiro atoms. The molecule has 5 nitrogen and oxygen atoms in total. The molecule has 0 bridgehead atoms. The maximum absolute atomic E-state index is 11.1. The van der Waals surface area contributed by atoms with Gasteiger partial charge in [0.15, 0.2) is 5.03 Å². The number of nitrogens with two attached hydrogens (primary N) is 1. The second-order valence-corrected chi connectivity index (χ2v) is 5.13. The molecule has 1 saturated carbocycles. The highest BCUT2D eigenvalue weighted by Gasteiger charge is 2.24. The molecule has 0 saturated heterocycles. The first-order chi connectivity index (χ1) is 6.97. The molecular weight excluding hydrogens is 216 g/mol. The van der Waals surface area contributed by atoms with Gasteiger partial charge in [-0.2, -0.15) is 0 Å². The zero-order chi connectivity index (χ0) is 11.1. The predicted molar refractivity (Wildman–Crippen MR) is 54.0 cm³/mol. The summed E-state index contributed by atoms with van der Waals surface area (Å²) in [6.07, 6.45) is 3.77. The average Bonchev–Trinajstić information content (AvgIpc) is 2.85. The molecule has 6 heteroatoms. The highest BCUT2D eigenvalue weighted by molar-refractivity contribution is 7.89. The highest BCUT2D eigenvalue weighted by Crippen LogP contribution is 2.27. The zero-order valence-corrected chi connectivity index (χ0v) is 9.12. The maximum atomic E-state index is 11.1. The molecule has 15 heavy (non-hydrogen) atoms. The number of hydrogen-bond donors (Lipinski definition) is 1. The zero-order valence-electron chi connectivity index (χ0n) is 8.30. The number of nitrogens with zero attached hydrogens (tertiary/aromatic N) is 1. The van der Waals surface area contributed by atoms with Crippen LogP contribution in [0.2, 0.25) is 0 Å². The van der Waals surface area contributed by atoms with Crippen molar-refractivity contribution in [1.29, 1.82) is 0 Å². The molecule has 1 fully saturated rings. The molecule has 82 valence electrons. The van der Waals surface area contributed by atoms with Gasteiger partial charge in [0, 0.05) is 0 Å². The Bertz CT molecular complexity index is 480. The molecule has 0 amide bonds. The Hall–Kier alpha value is -1.14. The van der Waals surface area contributed by atoms with Gasteiger partial charge in [-0.3, -0.25) is 0 Å². The minimum absolute atomic E-state index is 0.0920. The third-order valence-electron chi connectivity index (χ3n) is 2.10. The van der Waals surface area contributed by atoms with Crippen LogP contribution in [-0.2, 0) is 10.0 Å². The standard InChI is InChI=1S/C9H12N2O3S/c1-6-4-8(14-7-2-3-7)5-11-9(6)15(10,12)13/h4-5,7H,2-3H2,1H3,(H2,10,12,13). The Morgan fingerprint density at radius 2 is 2.20 bits per heavy atom. The summed E-state index contributed by atoms with van der Waals surface area (Å²) >= 11 is 0. The van der Waals surface area contributed by atoms with E-state index in [1.165, 1.54) is 6.20 Å². The van der Waals surface area contributed by atoms with Gasteiger partial charge >= 0.3 is 0 Å². The van der Waals surface area contributed by atoms with Crippen molar-refractivity contribution in [2.24, 2.45) is 5.14 Å². The topological polar surface area (TPSA) is 82.3 Å². The van der Waals surface area contributed by atoms with Crippen LogP contribution in [0.25, 0.3) is 0 Å². The molecule has 2 N–H and O–H groups in total. The monoisotopic (exact) mass is 228 g/mol. The van der Waals surface area contributed by atoms with Crippen LogP contribution >= 0.6 is 0 Å². The third kappa shape index (κ3) is 2.45. The Kier molecular flexibility index (Phi) is 2.40. The van der Waals surface area contributed by atoms with Crippen molar-refractivity contribution in [3.63, 3.8) is 0 Å². The molecule has 0 atom stereocenters. The summed E-state index contributed by atoms with van der Waals surface area (Å²) in [7, 11) is -3.73. The summed E-state index contributed by atoms with van der Waals surface area (Å²) in [6, 6.07) is 1.64. The fraction of sp³-hybridized carbons (Fsp3) is 0.444.